The van der Waals surface area contributed by atoms with Gasteiger partial charge in [0.05, 0.1) is 11.9 Å². The number of anilines is 2. The molecule has 12 heteroatoms. The summed E-state index contributed by atoms with van der Waals surface area (Å²) in [6.45, 7) is 3.57. The van der Waals surface area contributed by atoms with Crippen LogP contribution in [0.25, 0.3) is 11.1 Å². The van der Waals surface area contributed by atoms with Crippen molar-refractivity contribution in [2.24, 2.45) is 0 Å². The van der Waals surface area contributed by atoms with Gasteiger partial charge in [0, 0.05) is 41.0 Å². The first-order valence-corrected chi connectivity index (χ1v) is 13.6. The summed E-state index contributed by atoms with van der Waals surface area (Å²) >= 11 is 12.4. The van der Waals surface area contributed by atoms with Crippen LogP contribution in [0, 0.1) is 0 Å². The number of carbonyl (C=O) groups excluding carboxylic acids is 1. The number of nitrogens with zero attached hydrogens (tertiary/aromatic N) is 5. The Kier molecular flexibility index (Phi) is 6.53. The van der Waals surface area contributed by atoms with Crippen molar-refractivity contribution in [3.05, 3.63) is 83.0 Å². The van der Waals surface area contributed by atoms with E-state index in [0.717, 1.165) is 16.7 Å². The lowest BCUT2D eigenvalue weighted by Crippen LogP contribution is -2.42. The third-order valence-electron chi connectivity index (χ3n) is 6.18. The fourth-order valence-electron chi connectivity index (χ4n) is 4.55. The van der Waals surface area contributed by atoms with Gasteiger partial charge in [-0.25, -0.2) is 33.0 Å². The molecule has 9 nitrogen and oxygen atoms in total. The van der Waals surface area contributed by atoms with E-state index in [1.165, 1.54) is 22.0 Å². The second-order valence-corrected chi connectivity index (χ2v) is 11.4. The Bertz CT molecular complexity index is 1570. The highest BCUT2D eigenvalue weighted by Crippen LogP contribution is 2.44. The van der Waals surface area contributed by atoms with E-state index in [1.54, 1.807) is 44.4 Å². The molecule has 1 aliphatic heterocycles. The van der Waals surface area contributed by atoms with Crippen LogP contribution in [-0.4, -0.2) is 40.4 Å². The van der Waals surface area contributed by atoms with Crippen LogP contribution in [0.5, 0.6) is 0 Å². The zero-order valence-corrected chi connectivity index (χ0v) is 22.2. The lowest BCUT2D eigenvalue weighted by Gasteiger charge is -2.26. The van der Waals surface area contributed by atoms with Gasteiger partial charge in [-0.2, -0.15) is 0 Å². The lowest BCUT2D eigenvalue weighted by atomic mass is 9.91. The fourth-order valence-corrected chi connectivity index (χ4v) is 6.30. The van der Waals surface area contributed by atoms with Crippen molar-refractivity contribution in [3.63, 3.8) is 0 Å². The number of fused-ring (bicyclic) bond motifs is 1. The molecule has 2 aromatic carbocycles. The maximum Gasteiger partial charge on any atom is 0.260 e. The summed E-state index contributed by atoms with van der Waals surface area (Å²) in [5.74, 6) is -0.192. The van der Waals surface area contributed by atoms with Crippen LogP contribution < -0.4 is 9.62 Å². The molecule has 0 unspecified atom stereocenters. The van der Waals surface area contributed by atoms with Gasteiger partial charge in [0.2, 0.25) is 5.95 Å². The van der Waals surface area contributed by atoms with Crippen molar-refractivity contribution in [3.8, 4) is 11.1 Å². The molecule has 0 bridgehead atoms. The van der Waals surface area contributed by atoms with E-state index in [1.807, 2.05) is 24.3 Å². The molecule has 1 N–H and O–H groups in total. The van der Waals surface area contributed by atoms with Crippen LogP contribution in [-0.2, 0) is 26.8 Å². The van der Waals surface area contributed by atoms with Crippen LogP contribution in [0.4, 0.5) is 11.6 Å². The Morgan fingerprint density at radius 2 is 1.62 bits per heavy atom. The Balaban J connectivity index is 1.61. The zero-order valence-electron chi connectivity index (χ0n) is 19.9. The molecule has 5 rings (SSSR count). The maximum atomic E-state index is 14.0. The topological polar surface area (TPSA) is 110 Å². The standard InChI is InChI=1S/C25H22Cl2N6O3S/c1-3-31-37(35,36)22-14-30-24-32(21-9-19(26)8-20(27)10-21)23(34)25(2,33(22)24)11-16-4-6-17(7-5-16)18-12-28-15-29-13-18/h4-10,12-15,31H,3,11H2,1-2H3/t25-/m1/s1. The van der Waals surface area contributed by atoms with E-state index in [2.05, 4.69) is 19.7 Å². The van der Waals surface area contributed by atoms with Crippen molar-refractivity contribution in [1.82, 2.24) is 24.2 Å². The average molecular weight is 557 g/mol. The van der Waals surface area contributed by atoms with Gasteiger partial charge >= 0.3 is 0 Å². The van der Waals surface area contributed by atoms with E-state index in [0.29, 0.717) is 15.7 Å². The van der Waals surface area contributed by atoms with Gasteiger partial charge in [-0.3, -0.25) is 9.36 Å². The first kappa shape index (κ1) is 25.3. The Morgan fingerprint density at radius 1 is 0.973 bits per heavy atom. The Morgan fingerprint density at radius 3 is 2.24 bits per heavy atom. The van der Waals surface area contributed by atoms with Crippen molar-refractivity contribution in [2.75, 3.05) is 11.4 Å². The highest BCUT2D eigenvalue weighted by molar-refractivity contribution is 7.89. The molecule has 1 aliphatic rings. The van der Waals surface area contributed by atoms with Crippen LogP contribution >= 0.6 is 23.2 Å². The molecular formula is C25H22Cl2N6O3S. The minimum atomic E-state index is -3.94. The molecule has 37 heavy (non-hydrogen) atoms. The summed E-state index contributed by atoms with van der Waals surface area (Å²) in [5.41, 5.74) is 1.69. The van der Waals surface area contributed by atoms with E-state index in [4.69, 9.17) is 23.2 Å². The van der Waals surface area contributed by atoms with Crippen molar-refractivity contribution in [2.45, 2.75) is 30.8 Å². The van der Waals surface area contributed by atoms with Crippen LogP contribution in [0.2, 0.25) is 10.0 Å². The molecule has 190 valence electrons. The Hall–Kier alpha value is -3.31. The molecule has 2 aromatic heterocycles. The molecule has 0 radical (unpaired) electrons. The second kappa shape index (κ2) is 9.53. The van der Waals surface area contributed by atoms with Crippen molar-refractivity contribution >= 4 is 50.8 Å². The molecule has 3 heterocycles. The third-order valence-corrected chi connectivity index (χ3v) is 8.12. The maximum absolute atomic E-state index is 14.0. The highest BCUT2D eigenvalue weighted by atomic mass is 35.5. The number of carbonyl (C=O) groups is 1. The van der Waals surface area contributed by atoms with Gasteiger partial charge in [-0.05, 0) is 36.2 Å². The predicted octanol–water partition coefficient (Wildman–Crippen LogP) is 4.58. The largest absolute Gasteiger partial charge is 0.284 e. The zero-order chi connectivity index (χ0) is 26.4. The second-order valence-electron chi connectivity index (χ2n) is 8.78. The van der Waals surface area contributed by atoms with Gasteiger partial charge in [-0.1, -0.05) is 54.4 Å². The number of sulfonamides is 1. The smallest absolute Gasteiger partial charge is 0.260 e. The molecule has 0 aliphatic carbocycles. The summed E-state index contributed by atoms with van der Waals surface area (Å²) < 4.78 is 30.2. The van der Waals surface area contributed by atoms with E-state index in [9.17, 15) is 13.2 Å². The number of rotatable bonds is 7. The number of halogens is 2. The fraction of sp³-hybridized carbons (Fsp3) is 0.200. The first-order valence-electron chi connectivity index (χ1n) is 11.4. The van der Waals surface area contributed by atoms with Gasteiger partial charge < -0.3 is 0 Å². The summed E-state index contributed by atoms with van der Waals surface area (Å²) in [5, 5.41) is 0.569. The molecule has 1 amide bonds. The molecule has 4 aromatic rings. The Labute approximate surface area is 224 Å². The molecule has 0 spiro atoms. The van der Waals surface area contributed by atoms with Gasteiger partial charge in [-0.15, -0.1) is 0 Å². The SMILES string of the molecule is CCNS(=O)(=O)c1cnc2n1[C@](C)(Cc1ccc(-c3cncnc3)cc1)C(=O)N2c1cc(Cl)cc(Cl)c1. The van der Waals surface area contributed by atoms with E-state index < -0.39 is 15.6 Å². The van der Waals surface area contributed by atoms with Gasteiger partial charge in [0.1, 0.15) is 11.9 Å². The van der Waals surface area contributed by atoms with Crippen molar-refractivity contribution < 1.29 is 13.2 Å². The summed E-state index contributed by atoms with van der Waals surface area (Å²) in [6.07, 6.45) is 6.36. The summed E-state index contributed by atoms with van der Waals surface area (Å²) in [4.78, 5) is 27.9. The molecule has 0 fully saturated rings. The molecular weight excluding hydrogens is 535 g/mol. The van der Waals surface area contributed by atoms with Crippen LogP contribution in [0.15, 0.2) is 72.4 Å². The van der Waals surface area contributed by atoms with Gasteiger partial charge in [0.15, 0.2) is 5.03 Å². The molecule has 0 saturated heterocycles. The van der Waals surface area contributed by atoms with E-state index >= 15 is 0 Å². The van der Waals surface area contributed by atoms with Crippen molar-refractivity contribution in [1.29, 1.82) is 0 Å². The average Bonchev–Trinajstić information content (AvgIpc) is 3.38. The predicted molar refractivity (Wildman–Crippen MR) is 142 cm³/mol. The number of amides is 1. The van der Waals surface area contributed by atoms with E-state index in [-0.39, 0.29) is 29.8 Å². The highest BCUT2D eigenvalue weighted by Gasteiger charge is 2.51. The summed E-state index contributed by atoms with van der Waals surface area (Å²) in [7, 11) is -3.94. The van der Waals surface area contributed by atoms with Crippen LogP contribution in [0.3, 0.4) is 0 Å². The quantitative estimate of drug-likeness (QED) is 0.356. The van der Waals surface area contributed by atoms with Crippen LogP contribution in [0.1, 0.15) is 19.4 Å². The number of benzene rings is 2. The first-order chi connectivity index (χ1) is 17.6. The lowest BCUT2D eigenvalue weighted by molar-refractivity contribution is -0.124. The molecule has 0 saturated carbocycles. The summed E-state index contributed by atoms with van der Waals surface area (Å²) in [6, 6.07) is 12.4. The number of imidazole rings is 1. The monoisotopic (exact) mass is 556 g/mol. The minimum absolute atomic E-state index is 0.103. The number of hydrogen-bond donors (Lipinski definition) is 1. The molecule has 1 atom stereocenters. The number of nitrogens with one attached hydrogen (secondary N) is 1. The number of hydrogen-bond acceptors (Lipinski definition) is 6. The minimum Gasteiger partial charge on any atom is -0.284 e. The number of aromatic nitrogens is 4. The normalized spacial score (nSPS) is 17.3. The van der Waals surface area contributed by atoms with Gasteiger partial charge in [0.25, 0.3) is 15.9 Å². The third kappa shape index (κ3) is 4.50.